The summed E-state index contributed by atoms with van der Waals surface area (Å²) in [6, 6.07) is 70.2. The van der Waals surface area contributed by atoms with Crippen LogP contribution in [-0.2, 0) is 0 Å². The number of benzene rings is 9. The number of hydrogen-bond acceptors (Lipinski definition) is 2. The van der Waals surface area contributed by atoms with Crippen LogP contribution in [0.5, 0.6) is 0 Å². The van der Waals surface area contributed by atoms with Crippen LogP contribution in [0.2, 0.25) is 0 Å². The Morgan fingerprint density at radius 1 is 0.444 bits per heavy atom. The Morgan fingerprint density at radius 3 is 1.78 bits per heavy atom. The van der Waals surface area contributed by atoms with Gasteiger partial charge in [-0.2, -0.15) is 0 Å². The molecule has 0 saturated carbocycles. The standard InChI is InChI=1S/C51H37N3/c52-50(40-19-8-3-9-20-40)54-51(42-29-30-44(36-14-4-1-5-15-36)47(33-42)37-16-6-2-7-17-37)53-34-35-24-26-39(27-25-35)49-45-23-13-11-21-41(45)32-48-43-22-12-10-18-38(43)28-31-46(48)49/h1-34,51H,(H2,52,54). The van der Waals surface area contributed by atoms with Crippen LogP contribution in [0.15, 0.2) is 210 Å². The van der Waals surface area contributed by atoms with Crippen molar-refractivity contribution < 1.29 is 0 Å². The number of nitrogens with two attached hydrogens (primary N) is 1. The second-order valence-electron chi connectivity index (χ2n) is 13.5. The molecule has 0 amide bonds. The van der Waals surface area contributed by atoms with Gasteiger partial charge >= 0.3 is 0 Å². The van der Waals surface area contributed by atoms with Crippen molar-refractivity contribution in [2.24, 2.45) is 15.7 Å². The number of hydrogen-bond donors (Lipinski definition) is 1. The van der Waals surface area contributed by atoms with Gasteiger partial charge in [-0.3, -0.25) is 4.99 Å². The van der Waals surface area contributed by atoms with Gasteiger partial charge in [-0.05, 0) is 89.0 Å². The molecule has 256 valence electrons. The van der Waals surface area contributed by atoms with Gasteiger partial charge in [0.15, 0.2) is 6.17 Å². The summed E-state index contributed by atoms with van der Waals surface area (Å²) in [5.74, 6) is 0.442. The lowest BCUT2D eigenvalue weighted by molar-refractivity contribution is 0.782. The molecule has 1 atom stereocenters. The van der Waals surface area contributed by atoms with Crippen molar-refractivity contribution in [3.8, 4) is 33.4 Å². The number of nitrogens with zero attached hydrogens (tertiary/aromatic N) is 2. The monoisotopic (exact) mass is 691 g/mol. The first kappa shape index (κ1) is 32.8. The highest BCUT2D eigenvalue weighted by atomic mass is 15.0. The predicted octanol–water partition coefficient (Wildman–Crippen LogP) is 12.7. The highest BCUT2D eigenvalue weighted by Gasteiger charge is 2.16. The lowest BCUT2D eigenvalue weighted by Crippen LogP contribution is -2.15. The summed E-state index contributed by atoms with van der Waals surface area (Å²) < 4.78 is 0. The molecule has 1 unspecified atom stereocenters. The zero-order valence-corrected chi connectivity index (χ0v) is 29.7. The second-order valence-corrected chi connectivity index (χ2v) is 13.5. The summed E-state index contributed by atoms with van der Waals surface area (Å²) in [5.41, 5.74) is 16.4. The van der Waals surface area contributed by atoms with Gasteiger partial charge in [-0.25, -0.2) is 4.99 Å². The minimum atomic E-state index is -0.563. The third-order valence-electron chi connectivity index (χ3n) is 10.2. The molecule has 0 radical (unpaired) electrons. The molecule has 0 aliphatic heterocycles. The lowest BCUT2D eigenvalue weighted by atomic mass is 9.89. The Kier molecular flexibility index (Phi) is 8.80. The Hall–Kier alpha value is -7.10. The number of aliphatic imine (C=N–C) groups is 2. The molecule has 54 heavy (non-hydrogen) atoms. The fraction of sp³-hybridized carbons (Fsp3) is 0.0196. The van der Waals surface area contributed by atoms with Gasteiger partial charge in [0, 0.05) is 11.8 Å². The van der Waals surface area contributed by atoms with Gasteiger partial charge in [-0.1, -0.05) is 188 Å². The van der Waals surface area contributed by atoms with E-state index in [1.807, 2.05) is 48.7 Å². The quantitative estimate of drug-likeness (QED) is 0.0733. The van der Waals surface area contributed by atoms with E-state index in [-0.39, 0.29) is 0 Å². The average molecular weight is 692 g/mol. The van der Waals surface area contributed by atoms with Crippen molar-refractivity contribution in [1.82, 2.24) is 0 Å². The Labute approximate surface area is 315 Å². The van der Waals surface area contributed by atoms with E-state index in [0.29, 0.717) is 5.84 Å². The summed E-state index contributed by atoms with van der Waals surface area (Å²) >= 11 is 0. The first-order valence-electron chi connectivity index (χ1n) is 18.3. The third-order valence-corrected chi connectivity index (χ3v) is 10.2. The third kappa shape index (κ3) is 6.44. The minimum Gasteiger partial charge on any atom is -0.383 e. The van der Waals surface area contributed by atoms with Crippen LogP contribution < -0.4 is 5.73 Å². The summed E-state index contributed by atoms with van der Waals surface area (Å²) in [6.45, 7) is 0. The first-order chi connectivity index (χ1) is 26.7. The van der Waals surface area contributed by atoms with E-state index >= 15 is 0 Å². The molecule has 9 aromatic rings. The van der Waals surface area contributed by atoms with E-state index in [2.05, 4.69) is 158 Å². The number of amidine groups is 1. The van der Waals surface area contributed by atoms with Crippen LogP contribution in [0.25, 0.3) is 65.7 Å². The molecule has 0 heterocycles. The van der Waals surface area contributed by atoms with Crippen LogP contribution >= 0.6 is 0 Å². The molecular weight excluding hydrogens is 655 g/mol. The molecule has 9 aromatic carbocycles. The molecular formula is C51H37N3. The number of rotatable bonds is 8. The van der Waals surface area contributed by atoms with E-state index in [4.69, 9.17) is 15.7 Å². The van der Waals surface area contributed by atoms with Gasteiger partial charge in [0.05, 0.1) is 0 Å². The fourth-order valence-corrected chi connectivity index (χ4v) is 7.48. The molecule has 0 aromatic heterocycles. The van der Waals surface area contributed by atoms with E-state index in [9.17, 15) is 0 Å². The van der Waals surface area contributed by atoms with E-state index in [1.165, 1.54) is 37.9 Å². The molecule has 9 rings (SSSR count). The van der Waals surface area contributed by atoms with Gasteiger partial charge in [-0.15, -0.1) is 0 Å². The van der Waals surface area contributed by atoms with E-state index in [0.717, 1.165) is 44.5 Å². The molecule has 0 bridgehead atoms. The zero-order valence-electron chi connectivity index (χ0n) is 29.7. The summed E-state index contributed by atoms with van der Waals surface area (Å²) in [4.78, 5) is 10.1. The van der Waals surface area contributed by atoms with Crippen molar-refractivity contribution in [2.45, 2.75) is 6.17 Å². The lowest BCUT2D eigenvalue weighted by Gasteiger charge is -2.16. The fourth-order valence-electron chi connectivity index (χ4n) is 7.48. The molecule has 0 spiro atoms. The van der Waals surface area contributed by atoms with E-state index in [1.54, 1.807) is 0 Å². The average Bonchev–Trinajstić information content (AvgIpc) is 3.25. The Balaban J connectivity index is 1.13. The Bertz CT molecular complexity index is 2810. The maximum atomic E-state index is 6.66. The topological polar surface area (TPSA) is 50.7 Å². The molecule has 0 aliphatic rings. The second kappa shape index (κ2) is 14.5. The highest BCUT2D eigenvalue weighted by molar-refractivity contribution is 6.20. The van der Waals surface area contributed by atoms with Crippen LogP contribution in [-0.4, -0.2) is 12.1 Å². The maximum absolute atomic E-state index is 6.66. The Morgan fingerprint density at radius 2 is 1.06 bits per heavy atom. The van der Waals surface area contributed by atoms with Crippen molar-refractivity contribution in [2.75, 3.05) is 0 Å². The van der Waals surface area contributed by atoms with Gasteiger partial charge in [0.1, 0.15) is 5.84 Å². The first-order valence-corrected chi connectivity index (χ1v) is 18.3. The normalized spacial score (nSPS) is 12.5. The van der Waals surface area contributed by atoms with Crippen LogP contribution in [0.3, 0.4) is 0 Å². The summed E-state index contributed by atoms with van der Waals surface area (Å²) in [7, 11) is 0. The van der Waals surface area contributed by atoms with Crippen LogP contribution in [0.4, 0.5) is 0 Å². The molecule has 2 N–H and O–H groups in total. The van der Waals surface area contributed by atoms with Crippen LogP contribution in [0.1, 0.15) is 22.9 Å². The van der Waals surface area contributed by atoms with Gasteiger partial charge in [0.2, 0.25) is 0 Å². The minimum absolute atomic E-state index is 0.442. The maximum Gasteiger partial charge on any atom is 0.167 e. The summed E-state index contributed by atoms with van der Waals surface area (Å²) in [5, 5.41) is 7.48. The van der Waals surface area contributed by atoms with Crippen LogP contribution in [0, 0.1) is 0 Å². The molecule has 0 fully saturated rings. The van der Waals surface area contributed by atoms with Gasteiger partial charge in [0.25, 0.3) is 0 Å². The van der Waals surface area contributed by atoms with Crippen molar-refractivity contribution >= 4 is 44.4 Å². The molecule has 3 heteroatoms. The highest BCUT2D eigenvalue weighted by Crippen LogP contribution is 2.40. The zero-order chi connectivity index (χ0) is 36.3. The number of fused-ring (bicyclic) bond motifs is 4. The largest absolute Gasteiger partial charge is 0.383 e. The summed E-state index contributed by atoms with van der Waals surface area (Å²) in [6.07, 6.45) is 1.35. The SMILES string of the molecule is NC(=NC(N=Cc1ccc(-c2c3ccccc3cc3c2ccc2ccccc23)cc1)c1ccc(-c2ccccc2)c(-c2ccccc2)c1)c1ccccc1. The van der Waals surface area contributed by atoms with E-state index < -0.39 is 6.17 Å². The molecule has 0 aliphatic carbocycles. The van der Waals surface area contributed by atoms with Crippen molar-refractivity contribution in [3.63, 3.8) is 0 Å². The van der Waals surface area contributed by atoms with Crippen molar-refractivity contribution in [3.05, 3.63) is 217 Å². The van der Waals surface area contributed by atoms with Gasteiger partial charge < -0.3 is 5.73 Å². The molecule has 0 saturated heterocycles. The smallest absolute Gasteiger partial charge is 0.167 e. The molecule has 3 nitrogen and oxygen atoms in total. The predicted molar refractivity (Wildman–Crippen MR) is 229 cm³/mol. The van der Waals surface area contributed by atoms with Crippen molar-refractivity contribution in [1.29, 1.82) is 0 Å².